The maximum absolute atomic E-state index is 11.5. The molecular weight excluding hydrogens is 252 g/mol. The molecule has 0 aromatic heterocycles. The third kappa shape index (κ3) is 5.51. The molecule has 2 amide bonds. The second-order valence-corrected chi connectivity index (χ2v) is 5.13. The lowest BCUT2D eigenvalue weighted by atomic mass is 10.1. The Kier molecular flexibility index (Phi) is 6.91. The van der Waals surface area contributed by atoms with E-state index in [1.54, 1.807) is 0 Å². The summed E-state index contributed by atoms with van der Waals surface area (Å²) in [7, 11) is 0. The van der Waals surface area contributed by atoms with E-state index < -0.39 is 0 Å². The van der Waals surface area contributed by atoms with Gasteiger partial charge in [0.2, 0.25) is 0 Å². The molecule has 0 radical (unpaired) electrons. The van der Waals surface area contributed by atoms with E-state index in [0.29, 0.717) is 13.2 Å². The van der Waals surface area contributed by atoms with E-state index in [1.165, 1.54) is 0 Å². The molecule has 0 aliphatic rings. The quantitative estimate of drug-likeness (QED) is 0.753. The van der Waals surface area contributed by atoms with Gasteiger partial charge < -0.3 is 15.4 Å². The number of carbonyl (C=O) groups is 1. The molecule has 0 spiro atoms. The van der Waals surface area contributed by atoms with Gasteiger partial charge in [0.15, 0.2) is 0 Å². The van der Waals surface area contributed by atoms with Gasteiger partial charge in [-0.1, -0.05) is 25.1 Å². The van der Waals surface area contributed by atoms with E-state index in [0.717, 1.165) is 29.7 Å². The average Bonchev–Trinajstić information content (AvgIpc) is 2.41. The van der Waals surface area contributed by atoms with Gasteiger partial charge in [-0.05, 0) is 44.7 Å². The Bertz CT molecular complexity index is 412. The van der Waals surface area contributed by atoms with Gasteiger partial charge in [-0.25, -0.2) is 4.79 Å². The van der Waals surface area contributed by atoms with Gasteiger partial charge in [-0.2, -0.15) is 0 Å². The number of urea groups is 1. The third-order valence-electron chi connectivity index (χ3n) is 3.25. The monoisotopic (exact) mass is 278 g/mol. The topological polar surface area (TPSA) is 50.4 Å². The molecule has 0 fully saturated rings. The molecule has 0 bridgehead atoms. The minimum Gasteiger partial charge on any atom is -0.493 e. The van der Waals surface area contributed by atoms with Gasteiger partial charge >= 0.3 is 6.03 Å². The first kappa shape index (κ1) is 16.3. The van der Waals surface area contributed by atoms with E-state index in [9.17, 15) is 4.79 Å². The summed E-state index contributed by atoms with van der Waals surface area (Å²) in [6.45, 7) is 9.34. The Morgan fingerprint density at radius 1 is 1.30 bits per heavy atom. The van der Waals surface area contributed by atoms with E-state index >= 15 is 0 Å². The van der Waals surface area contributed by atoms with Gasteiger partial charge in [0.25, 0.3) is 0 Å². The SMILES string of the molecule is CCC(C)NC(=O)NCCCOc1c(C)cccc1C. The molecule has 0 saturated carbocycles. The molecule has 0 heterocycles. The van der Waals surface area contributed by atoms with Crippen molar-refractivity contribution >= 4 is 6.03 Å². The highest BCUT2D eigenvalue weighted by Crippen LogP contribution is 2.22. The molecule has 4 heteroatoms. The lowest BCUT2D eigenvalue weighted by Crippen LogP contribution is -2.41. The first-order valence-corrected chi connectivity index (χ1v) is 7.28. The van der Waals surface area contributed by atoms with Crippen molar-refractivity contribution in [3.8, 4) is 5.75 Å². The van der Waals surface area contributed by atoms with Crippen LogP contribution in [0.5, 0.6) is 5.75 Å². The van der Waals surface area contributed by atoms with Gasteiger partial charge in [0.05, 0.1) is 6.61 Å². The molecule has 1 aromatic carbocycles. The summed E-state index contributed by atoms with van der Waals surface area (Å²) < 4.78 is 5.78. The first-order valence-electron chi connectivity index (χ1n) is 7.28. The van der Waals surface area contributed by atoms with Crippen molar-refractivity contribution in [1.29, 1.82) is 0 Å². The number of rotatable bonds is 7. The molecule has 1 aromatic rings. The summed E-state index contributed by atoms with van der Waals surface area (Å²) in [5.41, 5.74) is 2.29. The zero-order valence-corrected chi connectivity index (χ0v) is 13.0. The Labute approximate surface area is 121 Å². The zero-order valence-electron chi connectivity index (χ0n) is 13.0. The van der Waals surface area contributed by atoms with Gasteiger partial charge in [-0.15, -0.1) is 0 Å². The van der Waals surface area contributed by atoms with Crippen molar-refractivity contribution in [2.45, 2.75) is 46.6 Å². The Hall–Kier alpha value is -1.71. The molecule has 0 aliphatic carbocycles. The highest BCUT2D eigenvalue weighted by Gasteiger charge is 2.05. The first-order chi connectivity index (χ1) is 9.54. The predicted molar refractivity (Wildman–Crippen MR) is 82.3 cm³/mol. The number of para-hydroxylation sites is 1. The number of ether oxygens (including phenoxy) is 1. The third-order valence-corrected chi connectivity index (χ3v) is 3.25. The summed E-state index contributed by atoms with van der Waals surface area (Å²) in [6.07, 6.45) is 1.73. The fourth-order valence-corrected chi connectivity index (χ4v) is 1.85. The summed E-state index contributed by atoms with van der Waals surface area (Å²) in [4.78, 5) is 11.5. The van der Waals surface area contributed by atoms with Gasteiger partial charge in [0, 0.05) is 12.6 Å². The smallest absolute Gasteiger partial charge is 0.314 e. The summed E-state index contributed by atoms with van der Waals surface area (Å²) >= 11 is 0. The standard InChI is InChI=1S/C16H26N2O2/c1-5-14(4)18-16(19)17-10-7-11-20-15-12(2)8-6-9-13(15)3/h6,8-9,14H,5,7,10-11H2,1-4H3,(H2,17,18,19). The van der Waals surface area contributed by atoms with Crippen molar-refractivity contribution < 1.29 is 9.53 Å². The second-order valence-electron chi connectivity index (χ2n) is 5.13. The highest BCUT2D eigenvalue weighted by molar-refractivity contribution is 5.74. The molecular formula is C16H26N2O2. The van der Waals surface area contributed by atoms with Crippen LogP contribution in [-0.4, -0.2) is 25.2 Å². The van der Waals surface area contributed by atoms with Crippen molar-refractivity contribution in [3.05, 3.63) is 29.3 Å². The van der Waals surface area contributed by atoms with Crippen LogP contribution in [0.4, 0.5) is 4.79 Å². The molecule has 1 unspecified atom stereocenters. The number of benzene rings is 1. The predicted octanol–water partition coefficient (Wildman–Crippen LogP) is 3.17. The Balaban J connectivity index is 2.21. The number of carbonyl (C=O) groups excluding carboxylic acids is 1. The minimum atomic E-state index is -0.105. The molecule has 1 atom stereocenters. The number of aryl methyl sites for hydroxylation is 2. The van der Waals surface area contributed by atoms with E-state index in [2.05, 4.69) is 10.6 Å². The molecule has 1 rings (SSSR count). The van der Waals surface area contributed by atoms with E-state index in [-0.39, 0.29) is 12.1 Å². The van der Waals surface area contributed by atoms with Crippen LogP contribution in [0.25, 0.3) is 0 Å². The highest BCUT2D eigenvalue weighted by atomic mass is 16.5. The Morgan fingerprint density at radius 3 is 2.55 bits per heavy atom. The normalized spacial score (nSPS) is 11.8. The maximum atomic E-state index is 11.5. The fraction of sp³-hybridized carbons (Fsp3) is 0.562. The number of hydrogen-bond acceptors (Lipinski definition) is 2. The van der Waals surface area contributed by atoms with Gasteiger partial charge in [-0.3, -0.25) is 0 Å². The number of amides is 2. The molecule has 0 saturated heterocycles. The summed E-state index contributed by atoms with van der Waals surface area (Å²) in [5, 5.41) is 5.70. The molecule has 4 nitrogen and oxygen atoms in total. The van der Waals surface area contributed by atoms with Crippen molar-refractivity contribution in [2.24, 2.45) is 0 Å². The second kappa shape index (κ2) is 8.46. The molecule has 2 N–H and O–H groups in total. The lowest BCUT2D eigenvalue weighted by Gasteiger charge is -2.14. The summed E-state index contributed by atoms with van der Waals surface area (Å²) in [5.74, 6) is 0.955. The number of hydrogen-bond donors (Lipinski definition) is 2. The molecule has 0 aliphatic heterocycles. The van der Waals surface area contributed by atoms with Crippen molar-refractivity contribution in [3.63, 3.8) is 0 Å². The maximum Gasteiger partial charge on any atom is 0.314 e. The number of nitrogens with one attached hydrogen (secondary N) is 2. The molecule has 112 valence electrons. The van der Waals surface area contributed by atoms with Gasteiger partial charge in [0.1, 0.15) is 5.75 Å². The van der Waals surface area contributed by atoms with Crippen LogP contribution in [0, 0.1) is 13.8 Å². The fourth-order valence-electron chi connectivity index (χ4n) is 1.85. The van der Waals surface area contributed by atoms with E-state index in [1.807, 2.05) is 45.9 Å². The van der Waals surface area contributed by atoms with Crippen LogP contribution in [0.15, 0.2) is 18.2 Å². The van der Waals surface area contributed by atoms with Crippen LogP contribution in [-0.2, 0) is 0 Å². The largest absolute Gasteiger partial charge is 0.493 e. The van der Waals surface area contributed by atoms with Crippen LogP contribution >= 0.6 is 0 Å². The van der Waals surface area contributed by atoms with E-state index in [4.69, 9.17) is 4.74 Å². The molecule has 20 heavy (non-hydrogen) atoms. The average molecular weight is 278 g/mol. The van der Waals surface area contributed by atoms with Crippen molar-refractivity contribution in [1.82, 2.24) is 10.6 Å². The van der Waals surface area contributed by atoms with Crippen molar-refractivity contribution in [2.75, 3.05) is 13.2 Å². The summed E-state index contributed by atoms with van der Waals surface area (Å²) in [6, 6.07) is 6.21. The van der Waals surface area contributed by atoms with Crippen LogP contribution < -0.4 is 15.4 Å². The van der Waals surface area contributed by atoms with Crippen LogP contribution in [0.1, 0.15) is 37.8 Å². The lowest BCUT2D eigenvalue weighted by molar-refractivity contribution is 0.235. The van der Waals surface area contributed by atoms with Crippen LogP contribution in [0.2, 0.25) is 0 Å². The zero-order chi connectivity index (χ0) is 15.0. The van der Waals surface area contributed by atoms with Crippen LogP contribution in [0.3, 0.4) is 0 Å². The Morgan fingerprint density at radius 2 is 1.95 bits per heavy atom. The minimum absolute atomic E-state index is 0.105.